The fraction of sp³-hybridized carbons (Fsp3) is 0.158. The van der Waals surface area contributed by atoms with Crippen LogP contribution in [0.25, 0.3) is 0 Å². The number of carboxylic acid groups (broad SMARTS) is 1. The lowest BCUT2D eigenvalue weighted by Gasteiger charge is -2.07. The van der Waals surface area contributed by atoms with Crippen LogP contribution in [0.5, 0.6) is 5.75 Å². The Balaban J connectivity index is 1.57. The second kappa shape index (κ2) is 9.52. The van der Waals surface area contributed by atoms with Gasteiger partial charge in [-0.2, -0.15) is 5.10 Å². The van der Waals surface area contributed by atoms with Gasteiger partial charge in [0.1, 0.15) is 17.6 Å². The van der Waals surface area contributed by atoms with Gasteiger partial charge in [-0.05, 0) is 35.4 Å². The number of hydrogen-bond acceptors (Lipinski definition) is 6. The maximum absolute atomic E-state index is 11.7. The molecule has 3 rings (SSSR count). The summed E-state index contributed by atoms with van der Waals surface area (Å²) in [5, 5.41) is 18.8. The normalized spacial score (nSPS) is 17.8. The molecule has 144 valence electrons. The first kappa shape index (κ1) is 20.1. The lowest BCUT2D eigenvalue weighted by molar-refractivity contribution is -0.138. The number of carboxylic acids is 1. The molecule has 1 heterocycles. The Bertz CT molecular complexity index is 931. The number of hydrogen-bond donors (Lipinski definition) is 2. The van der Waals surface area contributed by atoms with Crippen LogP contribution in [0.4, 0.5) is 0 Å². The summed E-state index contributed by atoms with van der Waals surface area (Å²) < 4.78 is 6.80. The van der Waals surface area contributed by atoms with Gasteiger partial charge in [-0.25, -0.2) is 0 Å². The van der Waals surface area contributed by atoms with Crippen LogP contribution in [0.2, 0.25) is 0 Å². The maximum atomic E-state index is 11.7. The van der Waals surface area contributed by atoms with Gasteiger partial charge in [0.2, 0.25) is 5.91 Å². The van der Waals surface area contributed by atoms with Crippen LogP contribution < -0.4 is 10.1 Å². The minimum absolute atomic E-state index is 0.253. The van der Waals surface area contributed by atoms with Crippen LogP contribution >= 0.6 is 27.7 Å². The Kier molecular flexibility index (Phi) is 6.83. The minimum Gasteiger partial charge on any atom is -0.489 e. The van der Waals surface area contributed by atoms with Gasteiger partial charge in [0.15, 0.2) is 5.17 Å². The van der Waals surface area contributed by atoms with Crippen molar-refractivity contribution in [3.63, 3.8) is 0 Å². The molecule has 7 nitrogen and oxygen atoms in total. The van der Waals surface area contributed by atoms with Crippen molar-refractivity contribution in [2.75, 3.05) is 0 Å². The molecule has 0 saturated carbocycles. The second-order valence-corrected chi connectivity index (χ2v) is 7.94. The lowest BCUT2D eigenvalue weighted by Crippen LogP contribution is -2.26. The Hall–Kier alpha value is -2.65. The largest absolute Gasteiger partial charge is 0.489 e. The molecule has 1 aliphatic rings. The summed E-state index contributed by atoms with van der Waals surface area (Å²) in [6, 6.07) is 15.3. The van der Waals surface area contributed by atoms with Gasteiger partial charge in [-0.3, -0.25) is 9.59 Å². The third-order valence-corrected chi connectivity index (χ3v) is 5.27. The first-order chi connectivity index (χ1) is 13.5. The highest BCUT2D eigenvalue weighted by atomic mass is 79.9. The SMILES string of the molecule is O=C(O)C[C@H]1S/C(=N\N=C/c2cccc(OCc3ccc(Br)cc3)c2)NC1=O. The number of halogens is 1. The number of amidine groups is 1. The quantitative estimate of drug-likeness (QED) is 0.485. The van der Waals surface area contributed by atoms with E-state index in [1.165, 1.54) is 6.21 Å². The number of amides is 1. The summed E-state index contributed by atoms with van der Waals surface area (Å²) >= 11 is 4.46. The zero-order valence-electron chi connectivity index (χ0n) is 14.5. The monoisotopic (exact) mass is 461 g/mol. The van der Waals surface area contributed by atoms with Gasteiger partial charge < -0.3 is 15.2 Å². The summed E-state index contributed by atoms with van der Waals surface area (Å²) in [7, 11) is 0. The van der Waals surface area contributed by atoms with Crippen LogP contribution in [-0.2, 0) is 16.2 Å². The molecule has 1 aliphatic heterocycles. The Morgan fingerprint density at radius 2 is 2.07 bits per heavy atom. The van der Waals surface area contributed by atoms with E-state index in [1.807, 2.05) is 48.5 Å². The molecule has 1 saturated heterocycles. The first-order valence-corrected chi connectivity index (χ1v) is 9.94. The zero-order chi connectivity index (χ0) is 19.9. The predicted molar refractivity (Wildman–Crippen MR) is 112 cm³/mol. The highest BCUT2D eigenvalue weighted by Crippen LogP contribution is 2.22. The van der Waals surface area contributed by atoms with Gasteiger partial charge >= 0.3 is 5.97 Å². The summed E-state index contributed by atoms with van der Waals surface area (Å²) in [6.45, 7) is 0.448. The van der Waals surface area contributed by atoms with E-state index in [2.05, 4.69) is 31.4 Å². The van der Waals surface area contributed by atoms with Crippen LogP contribution in [0, 0.1) is 0 Å². The zero-order valence-corrected chi connectivity index (χ0v) is 16.9. The van der Waals surface area contributed by atoms with Crippen molar-refractivity contribution in [3.05, 3.63) is 64.1 Å². The molecule has 1 fully saturated rings. The van der Waals surface area contributed by atoms with Crippen LogP contribution in [0.3, 0.4) is 0 Å². The molecule has 1 amide bonds. The predicted octanol–water partition coefficient (Wildman–Crippen LogP) is 3.42. The highest BCUT2D eigenvalue weighted by Gasteiger charge is 2.32. The van der Waals surface area contributed by atoms with Gasteiger partial charge in [0.25, 0.3) is 0 Å². The van der Waals surface area contributed by atoms with Gasteiger partial charge in [0.05, 0.1) is 12.6 Å². The standard InChI is InChI=1S/C19H16BrN3O4S/c20-14-6-4-12(5-7-14)11-27-15-3-1-2-13(8-15)10-21-23-19-22-18(26)16(28-19)9-17(24)25/h1-8,10,16H,9,11H2,(H,24,25)(H,22,23,26)/b21-10-/t16-/m1/s1. The summed E-state index contributed by atoms with van der Waals surface area (Å²) in [6.07, 6.45) is 1.29. The van der Waals surface area contributed by atoms with E-state index in [0.717, 1.165) is 27.4 Å². The molecule has 2 aromatic rings. The second-order valence-electron chi connectivity index (χ2n) is 5.83. The molecule has 28 heavy (non-hydrogen) atoms. The van der Waals surface area contributed by atoms with E-state index >= 15 is 0 Å². The molecule has 1 atom stereocenters. The molecule has 0 bridgehead atoms. The van der Waals surface area contributed by atoms with Crippen molar-refractivity contribution >= 4 is 51.0 Å². The van der Waals surface area contributed by atoms with E-state index in [4.69, 9.17) is 9.84 Å². The number of rotatable bonds is 7. The van der Waals surface area contributed by atoms with Crippen LogP contribution in [0.15, 0.2) is 63.2 Å². The average Bonchev–Trinajstić information content (AvgIpc) is 3.00. The number of nitrogens with zero attached hydrogens (tertiary/aromatic N) is 2. The topological polar surface area (TPSA) is 100 Å². The van der Waals surface area contributed by atoms with Gasteiger partial charge in [0, 0.05) is 4.47 Å². The highest BCUT2D eigenvalue weighted by molar-refractivity contribution is 9.10. The first-order valence-electron chi connectivity index (χ1n) is 8.27. The summed E-state index contributed by atoms with van der Waals surface area (Å²) in [4.78, 5) is 22.4. The number of ether oxygens (including phenoxy) is 1. The van der Waals surface area contributed by atoms with Crippen molar-refractivity contribution in [3.8, 4) is 5.75 Å². The van der Waals surface area contributed by atoms with Crippen molar-refractivity contribution < 1.29 is 19.4 Å². The van der Waals surface area contributed by atoms with Crippen molar-refractivity contribution in [2.24, 2.45) is 10.2 Å². The van der Waals surface area contributed by atoms with Crippen molar-refractivity contribution in [1.82, 2.24) is 5.32 Å². The molecule has 0 aromatic heterocycles. The van der Waals surface area contributed by atoms with E-state index in [-0.39, 0.29) is 17.5 Å². The number of nitrogens with one attached hydrogen (secondary N) is 1. The van der Waals surface area contributed by atoms with Gasteiger partial charge in [-0.15, -0.1) is 5.10 Å². The lowest BCUT2D eigenvalue weighted by atomic mass is 10.2. The summed E-state index contributed by atoms with van der Waals surface area (Å²) in [5.74, 6) is -0.702. The van der Waals surface area contributed by atoms with Crippen LogP contribution in [-0.4, -0.2) is 33.6 Å². The third kappa shape index (κ3) is 5.93. The number of aliphatic carboxylic acids is 1. The molecular formula is C19H16BrN3O4S. The fourth-order valence-electron chi connectivity index (χ4n) is 2.33. The molecule has 2 aromatic carbocycles. The van der Waals surface area contributed by atoms with Crippen molar-refractivity contribution in [1.29, 1.82) is 0 Å². The van der Waals surface area contributed by atoms with Crippen molar-refractivity contribution in [2.45, 2.75) is 18.3 Å². The molecule has 2 N–H and O–H groups in total. The number of carbonyl (C=O) groups excluding carboxylic acids is 1. The molecule has 0 radical (unpaired) electrons. The minimum atomic E-state index is -1.03. The van der Waals surface area contributed by atoms with E-state index < -0.39 is 11.2 Å². The van der Waals surface area contributed by atoms with Crippen LogP contribution in [0.1, 0.15) is 17.5 Å². The maximum Gasteiger partial charge on any atom is 0.305 e. The smallest absolute Gasteiger partial charge is 0.305 e. The molecular weight excluding hydrogens is 446 g/mol. The Morgan fingerprint density at radius 1 is 1.29 bits per heavy atom. The van der Waals surface area contributed by atoms with Gasteiger partial charge in [-0.1, -0.05) is 52.0 Å². The summed E-state index contributed by atoms with van der Waals surface area (Å²) in [5.41, 5.74) is 1.84. The molecule has 9 heteroatoms. The number of carbonyl (C=O) groups is 2. The molecule has 0 unspecified atom stereocenters. The number of thioether (sulfide) groups is 1. The van der Waals surface area contributed by atoms with E-state index in [9.17, 15) is 9.59 Å². The number of benzene rings is 2. The molecule has 0 spiro atoms. The Morgan fingerprint density at radius 3 is 2.82 bits per heavy atom. The van der Waals surface area contributed by atoms with E-state index in [0.29, 0.717) is 12.4 Å². The average molecular weight is 462 g/mol. The Labute approximate surface area is 174 Å². The molecule has 0 aliphatic carbocycles. The van der Waals surface area contributed by atoms with E-state index in [1.54, 1.807) is 0 Å². The third-order valence-electron chi connectivity index (χ3n) is 3.67. The fourth-order valence-corrected chi connectivity index (χ4v) is 3.50.